The zero-order valence-corrected chi connectivity index (χ0v) is 16.3. The minimum absolute atomic E-state index is 0.171. The Kier molecular flexibility index (Phi) is 7.01. The molecule has 1 fully saturated rings. The summed E-state index contributed by atoms with van der Waals surface area (Å²) in [6, 6.07) is 17.7. The summed E-state index contributed by atoms with van der Waals surface area (Å²) in [5, 5.41) is 0. The number of ether oxygens (including phenoxy) is 1. The third kappa shape index (κ3) is 5.56. The molecule has 3 rings (SSSR count). The standard InChI is InChI=1S/C24H27NO3/c1-19-12-14-20(15-13-19)16-17-24(27)28-18-23(26)25(21-8-4-2-5-9-21)22-10-6-3-7-11-22/h2,4-5,8-9,12-17,22H,3,6-7,10-11,18H2,1H3/b17-16+. The Morgan fingerprint density at radius 3 is 2.36 bits per heavy atom. The molecule has 0 radical (unpaired) electrons. The fourth-order valence-electron chi connectivity index (χ4n) is 3.58. The van der Waals surface area contributed by atoms with E-state index in [1.807, 2.05) is 66.4 Å². The molecule has 1 aliphatic carbocycles. The van der Waals surface area contributed by atoms with Crippen molar-refractivity contribution in [2.75, 3.05) is 11.5 Å². The zero-order valence-electron chi connectivity index (χ0n) is 16.3. The summed E-state index contributed by atoms with van der Waals surface area (Å²) in [5.41, 5.74) is 2.95. The first-order valence-electron chi connectivity index (χ1n) is 9.92. The Morgan fingerprint density at radius 1 is 1.00 bits per heavy atom. The topological polar surface area (TPSA) is 46.6 Å². The largest absolute Gasteiger partial charge is 0.452 e. The number of rotatable bonds is 6. The van der Waals surface area contributed by atoms with Crippen LogP contribution in [0.1, 0.15) is 43.2 Å². The van der Waals surface area contributed by atoms with Crippen molar-refractivity contribution < 1.29 is 14.3 Å². The van der Waals surface area contributed by atoms with E-state index in [1.54, 1.807) is 6.08 Å². The van der Waals surface area contributed by atoms with Crippen molar-refractivity contribution in [3.63, 3.8) is 0 Å². The van der Waals surface area contributed by atoms with Gasteiger partial charge in [-0.2, -0.15) is 0 Å². The van der Waals surface area contributed by atoms with Gasteiger partial charge in [-0.3, -0.25) is 4.79 Å². The lowest BCUT2D eigenvalue weighted by Gasteiger charge is -2.34. The molecule has 0 heterocycles. The van der Waals surface area contributed by atoms with Crippen molar-refractivity contribution in [2.24, 2.45) is 0 Å². The fraction of sp³-hybridized carbons (Fsp3) is 0.333. The molecule has 0 spiro atoms. The van der Waals surface area contributed by atoms with Gasteiger partial charge in [0.25, 0.3) is 5.91 Å². The van der Waals surface area contributed by atoms with Crippen LogP contribution in [0.3, 0.4) is 0 Å². The van der Waals surface area contributed by atoms with Crippen molar-refractivity contribution in [1.29, 1.82) is 0 Å². The number of para-hydroxylation sites is 1. The van der Waals surface area contributed by atoms with Gasteiger partial charge in [0.05, 0.1) is 0 Å². The summed E-state index contributed by atoms with van der Waals surface area (Å²) < 4.78 is 5.23. The Hall–Kier alpha value is -2.88. The van der Waals surface area contributed by atoms with E-state index < -0.39 is 5.97 Å². The van der Waals surface area contributed by atoms with Crippen LogP contribution in [0.15, 0.2) is 60.7 Å². The summed E-state index contributed by atoms with van der Waals surface area (Å²) in [6.07, 6.45) is 8.50. The first kappa shape index (κ1) is 19.9. The van der Waals surface area contributed by atoms with Gasteiger partial charge in [-0.15, -0.1) is 0 Å². The van der Waals surface area contributed by atoms with Crippen molar-refractivity contribution in [1.82, 2.24) is 0 Å². The highest BCUT2D eigenvalue weighted by molar-refractivity contribution is 5.97. The molecule has 0 atom stereocenters. The third-order valence-corrected chi connectivity index (χ3v) is 5.07. The van der Waals surface area contributed by atoms with Gasteiger partial charge in [-0.1, -0.05) is 67.3 Å². The maximum absolute atomic E-state index is 12.9. The van der Waals surface area contributed by atoms with Crippen LogP contribution in [0, 0.1) is 6.92 Å². The highest BCUT2D eigenvalue weighted by Gasteiger charge is 2.27. The molecule has 0 bridgehead atoms. The summed E-state index contributed by atoms with van der Waals surface area (Å²) in [4.78, 5) is 26.7. The van der Waals surface area contributed by atoms with Crippen LogP contribution >= 0.6 is 0 Å². The molecule has 28 heavy (non-hydrogen) atoms. The number of carbonyl (C=O) groups excluding carboxylic acids is 2. The molecule has 0 N–H and O–H groups in total. The van der Waals surface area contributed by atoms with E-state index in [9.17, 15) is 9.59 Å². The van der Waals surface area contributed by atoms with Crippen LogP contribution < -0.4 is 4.90 Å². The second kappa shape index (κ2) is 9.88. The quantitative estimate of drug-likeness (QED) is 0.530. The minimum Gasteiger partial charge on any atom is -0.452 e. The Labute approximate surface area is 166 Å². The van der Waals surface area contributed by atoms with Gasteiger partial charge >= 0.3 is 5.97 Å². The van der Waals surface area contributed by atoms with E-state index in [1.165, 1.54) is 12.5 Å². The van der Waals surface area contributed by atoms with Crippen molar-refractivity contribution in [2.45, 2.75) is 45.1 Å². The predicted molar refractivity (Wildman–Crippen MR) is 112 cm³/mol. The van der Waals surface area contributed by atoms with Crippen LogP contribution in [0.4, 0.5) is 5.69 Å². The number of esters is 1. The van der Waals surface area contributed by atoms with E-state index in [4.69, 9.17) is 4.74 Å². The summed E-state index contributed by atoms with van der Waals surface area (Å²) in [5.74, 6) is -0.680. The van der Waals surface area contributed by atoms with E-state index >= 15 is 0 Å². The molecule has 1 amide bonds. The first-order valence-corrected chi connectivity index (χ1v) is 9.92. The van der Waals surface area contributed by atoms with E-state index in [-0.39, 0.29) is 18.6 Å². The normalized spacial score (nSPS) is 14.8. The SMILES string of the molecule is Cc1ccc(/C=C/C(=O)OCC(=O)N(c2ccccc2)C2CCCCC2)cc1. The molecular weight excluding hydrogens is 350 g/mol. The molecule has 4 nitrogen and oxygen atoms in total. The Bertz CT molecular complexity index is 806. The van der Waals surface area contributed by atoms with Crippen LogP contribution in [0.2, 0.25) is 0 Å². The van der Waals surface area contributed by atoms with Crippen LogP contribution in [-0.4, -0.2) is 24.5 Å². The highest BCUT2D eigenvalue weighted by atomic mass is 16.5. The maximum Gasteiger partial charge on any atom is 0.331 e. The predicted octanol–water partition coefficient (Wildman–Crippen LogP) is 4.92. The molecule has 2 aromatic carbocycles. The van der Waals surface area contributed by atoms with Gasteiger partial charge in [0.2, 0.25) is 0 Å². The summed E-state index contributed by atoms with van der Waals surface area (Å²) in [7, 11) is 0. The Morgan fingerprint density at radius 2 is 1.68 bits per heavy atom. The van der Waals surface area contributed by atoms with Gasteiger partial charge in [0, 0.05) is 17.8 Å². The molecule has 146 valence electrons. The van der Waals surface area contributed by atoms with Gasteiger partial charge in [-0.25, -0.2) is 4.79 Å². The number of carbonyl (C=O) groups is 2. The van der Waals surface area contributed by atoms with Crippen molar-refractivity contribution in [3.05, 3.63) is 71.8 Å². The number of anilines is 1. The lowest BCUT2D eigenvalue weighted by molar-refractivity contribution is -0.143. The molecule has 2 aromatic rings. The minimum atomic E-state index is -0.509. The number of hydrogen-bond acceptors (Lipinski definition) is 3. The lowest BCUT2D eigenvalue weighted by Crippen LogP contribution is -2.43. The van der Waals surface area contributed by atoms with Gasteiger partial charge < -0.3 is 9.64 Å². The molecule has 0 unspecified atom stereocenters. The average molecular weight is 377 g/mol. The molecule has 0 saturated heterocycles. The number of aryl methyl sites for hydroxylation is 1. The van der Waals surface area contributed by atoms with Gasteiger partial charge in [0.15, 0.2) is 6.61 Å². The fourth-order valence-corrected chi connectivity index (χ4v) is 3.58. The second-order valence-corrected chi connectivity index (χ2v) is 7.24. The molecule has 1 aliphatic rings. The highest BCUT2D eigenvalue weighted by Crippen LogP contribution is 2.27. The van der Waals surface area contributed by atoms with E-state index in [2.05, 4.69) is 0 Å². The molecule has 4 heteroatoms. The average Bonchev–Trinajstić information content (AvgIpc) is 2.73. The van der Waals surface area contributed by atoms with Crippen molar-refractivity contribution in [3.8, 4) is 0 Å². The Balaban J connectivity index is 1.61. The van der Waals surface area contributed by atoms with Crippen molar-refractivity contribution >= 4 is 23.6 Å². The number of hydrogen-bond donors (Lipinski definition) is 0. The summed E-state index contributed by atoms with van der Waals surface area (Å²) in [6.45, 7) is 1.76. The molecule has 1 saturated carbocycles. The van der Waals surface area contributed by atoms with Crippen LogP contribution in [0.5, 0.6) is 0 Å². The third-order valence-electron chi connectivity index (χ3n) is 5.07. The number of benzene rings is 2. The summed E-state index contributed by atoms with van der Waals surface area (Å²) >= 11 is 0. The lowest BCUT2D eigenvalue weighted by atomic mass is 9.93. The second-order valence-electron chi connectivity index (χ2n) is 7.24. The van der Waals surface area contributed by atoms with Gasteiger partial charge in [0.1, 0.15) is 0 Å². The smallest absolute Gasteiger partial charge is 0.331 e. The monoisotopic (exact) mass is 377 g/mol. The number of nitrogens with zero attached hydrogens (tertiary/aromatic N) is 1. The van der Waals surface area contributed by atoms with E-state index in [0.717, 1.165) is 42.5 Å². The zero-order chi connectivity index (χ0) is 19.8. The maximum atomic E-state index is 12.9. The molecular formula is C24H27NO3. The number of amides is 1. The van der Waals surface area contributed by atoms with E-state index in [0.29, 0.717) is 0 Å². The molecule has 0 aromatic heterocycles. The molecule has 0 aliphatic heterocycles. The van der Waals surface area contributed by atoms with Crippen LogP contribution in [-0.2, 0) is 14.3 Å². The van der Waals surface area contributed by atoms with Crippen LogP contribution in [0.25, 0.3) is 6.08 Å². The first-order chi connectivity index (χ1) is 13.6. The van der Waals surface area contributed by atoms with Gasteiger partial charge in [-0.05, 0) is 43.5 Å².